The molecule has 8 nitrogen and oxygen atoms in total. The molecule has 1 aliphatic carbocycles. The van der Waals surface area contributed by atoms with E-state index in [1.54, 1.807) is 48.5 Å². The van der Waals surface area contributed by atoms with Crippen LogP contribution < -0.4 is 10.1 Å². The largest absolute Gasteiger partial charge is 0.423 e. The molecule has 0 aliphatic heterocycles. The number of benzene rings is 2. The first-order valence-corrected chi connectivity index (χ1v) is 8.15. The maximum atomic E-state index is 12.2. The molecule has 0 radical (unpaired) electrons. The van der Waals surface area contributed by atoms with Crippen molar-refractivity contribution < 1.29 is 14.3 Å². The zero-order valence-corrected chi connectivity index (χ0v) is 13.7. The Morgan fingerprint density at radius 3 is 2.38 bits per heavy atom. The predicted octanol–water partition coefficient (Wildman–Crippen LogP) is 2.23. The van der Waals surface area contributed by atoms with Crippen molar-refractivity contribution in [2.45, 2.75) is 12.8 Å². The van der Waals surface area contributed by atoms with Crippen molar-refractivity contribution in [3.63, 3.8) is 0 Å². The number of hydrogen-bond acceptors (Lipinski definition) is 6. The first kappa shape index (κ1) is 15.9. The van der Waals surface area contributed by atoms with E-state index in [0.717, 1.165) is 18.5 Å². The Morgan fingerprint density at radius 1 is 1.04 bits per heavy atom. The van der Waals surface area contributed by atoms with Crippen molar-refractivity contribution in [3.05, 3.63) is 60.4 Å². The van der Waals surface area contributed by atoms with Gasteiger partial charge in [0.05, 0.1) is 11.3 Å². The molecule has 0 unspecified atom stereocenters. The highest BCUT2D eigenvalue weighted by molar-refractivity contribution is 5.95. The monoisotopic (exact) mass is 349 g/mol. The van der Waals surface area contributed by atoms with Crippen molar-refractivity contribution in [2.75, 3.05) is 5.32 Å². The van der Waals surface area contributed by atoms with E-state index in [1.807, 2.05) is 0 Å². The highest BCUT2D eigenvalue weighted by Crippen LogP contribution is 2.30. The lowest BCUT2D eigenvalue weighted by atomic mass is 10.2. The van der Waals surface area contributed by atoms with E-state index in [1.165, 1.54) is 11.0 Å². The minimum absolute atomic E-state index is 0.0306. The van der Waals surface area contributed by atoms with E-state index in [0.29, 0.717) is 17.0 Å². The highest BCUT2D eigenvalue weighted by atomic mass is 16.5. The Hall–Kier alpha value is -3.55. The molecule has 4 rings (SSSR count). The third kappa shape index (κ3) is 3.59. The first-order valence-electron chi connectivity index (χ1n) is 8.15. The number of hydrogen-bond donors (Lipinski definition) is 1. The molecule has 3 aromatic rings. The summed E-state index contributed by atoms with van der Waals surface area (Å²) < 4.78 is 6.86. The molecule has 130 valence electrons. The lowest BCUT2D eigenvalue weighted by Gasteiger charge is -2.07. The summed E-state index contributed by atoms with van der Waals surface area (Å²) in [4.78, 5) is 24.0. The van der Waals surface area contributed by atoms with Crippen molar-refractivity contribution in [2.24, 2.45) is 5.92 Å². The number of tetrazole rings is 1. The van der Waals surface area contributed by atoms with Crippen LogP contribution in [0.4, 0.5) is 5.69 Å². The standard InChI is InChI=1S/C18H15N5O3/c24-17(12-1-2-12)20-14-5-3-13(4-6-14)18(25)26-16-9-7-15(8-10-16)23-11-19-21-22-23/h3-12H,1-2H2,(H,20,24). The van der Waals surface area contributed by atoms with Crippen molar-refractivity contribution in [1.29, 1.82) is 0 Å². The van der Waals surface area contributed by atoms with Gasteiger partial charge in [-0.05, 0) is 71.8 Å². The molecule has 2 aromatic carbocycles. The number of anilines is 1. The molecule has 1 aliphatic rings. The maximum absolute atomic E-state index is 12.2. The summed E-state index contributed by atoms with van der Waals surface area (Å²) in [6.45, 7) is 0. The zero-order valence-electron chi connectivity index (χ0n) is 13.7. The molecule has 0 spiro atoms. The third-order valence-electron chi connectivity index (χ3n) is 4.00. The molecular formula is C18H15N5O3. The molecule has 0 bridgehead atoms. The van der Waals surface area contributed by atoms with Crippen molar-refractivity contribution >= 4 is 17.6 Å². The first-order chi connectivity index (χ1) is 12.7. The number of esters is 1. The van der Waals surface area contributed by atoms with Crippen molar-refractivity contribution in [3.8, 4) is 11.4 Å². The van der Waals surface area contributed by atoms with Gasteiger partial charge >= 0.3 is 5.97 Å². The normalized spacial score (nSPS) is 13.2. The Labute approximate surface area is 148 Å². The van der Waals surface area contributed by atoms with Crippen LogP contribution in [0, 0.1) is 5.92 Å². The summed E-state index contributed by atoms with van der Waals surface area (Å²) in [5.74, 6) is 0.108. The van der Waals surface area contributed by atoms with Gasteiger partial charge in [0, 0.05) is 11.6 Å². The SMILES string of the molecule is O=C(Oc1ccc(-n2cnnn2)cc1)c1ccc(NC(=O)C2CC2)cc1. The van der Waals surface area contributed by atoms with E-state index in [-0.39, 0.29) is 11.8 Å². The van der Waals surface area contributed by atoms with Gasteiger partial charge in [0.2, 0.25) is 5.91 Å². The predicted molar refractivity (Wildman–Crippen MR) is 91.9 cm³/mol. The number of nitrogens with zero attached hydrogens (tertiary/aromatic N) is 4. The highest BCUT2D eigenvalue weighted by Gasteiger charge is 2.29. The summed E-state index contributed by atoms with van der Waals surface area (Å²) in [5, 5.41) is 13.8. The van der Waals surface area contributed by atoms with Crippen LogP contribution in [0.3, 0.4) is 0 Å². The van der Waals surface area contributed by atoms with E-state index in [4.69, 9.17) is 4.74 Å². The molecule has 8 heteroatoms. The van der Waals surface area contributed by atoms with Crippen LogP contribution in [-0.2, 0) is 4.79 Å². The van der Waals surface area contributed by atoms with Crippen LogP contribution in [0.25, 0.3) is 5.69 Å². The number of aromatic nitrogens is 4. The Kier molecular flexibility index (Phi) is 4.14. The van der Waals surface area contributed by atoms with Gasteiger partial charge in [-0.3, -0.25) is 4.79 Å². The van der Waals surface area contributed by atoms with E-state index in [2.05, 4.69) is 20.8 Å². The van der Waals surface area contributed by atoms with Crippen molar-refractivity contribution in [1.82, 2.24) is 20.2 Å². The fourth-order valence-corrected chi connectivity index (χ4v) is 2.39. The van der Waals surface area contributed by atoms with Crippen LogP contribution in [0.5, 0.6) is 5.75 Å². The quantitative estimate of drug-likeness (QED) is 0.560. The van der Waals surface area contributed by atoms with Gasteiger partial charge in [-0.1, -0.05) is 0 Å². The van der Waals surface area contributed by atoms with Gasteiger partial charge in [-0.25, -0.2) is 9.48 Å². The number of carbonyl (C=O) groups is 2. The Bertz CT molecular complexity index is 916. The van der Waals surface area contributed by atoms with Gasteiger partial charge in [0.25, 0.3) is 0 Å². The number of amides is 1. The van der Waals surface area contributed by atoms with E-state index in [9.17, 15) is 9.59 Å². The van der Waals surface area contributed by atoms with Crippen LogP contribution in [-0.4, -0.2) is 32.1 Å². The van der Waals surface area contributed by atoms with Gasteiger partial charge in [-0.15, -0.1) is 5.10 Å². The number of carbonyl (C=O) groups excluding carboxylic acids is 2. The molecular weight excluding hydrogens is 334 g/mol. The van der Waals surface area contributed by atoms with Gasteiger partial charge < -0.3 is 10.1 Å². The molecule has 1 amide bonds. The van der Waals surface area contributed by atoms with Gasteiger partial charge in [0.1, 0.15) is 12.1 Å². The number of nitrogens with one attached hydrogen (secondary N) is 1. The molecule has 1 fully saturated rings. The molecule has 1 N–H and O–H groups in total. The minimum atomic E-state index is -0.472. The Morgan fingerprint density at radius 2 is 1.77 bits per heavy atom. The summed E-state index contributed by atoms with van der Waals surface area (Å²) in [5.41, 5.74) is 1.83. The fraction of sp³-hybridized carbons (Fsp3) is 0.167. The summed E-state index contributed by atoms with van der Waals surface area (Å²) in [6.07, 6.45) is 3.37. The lowest BCUT2D eigenvalue weighted by molar-refractivity contribution is -0.117. The lowest BCUT2D eigenvalue weighted by Crippen LogP contribution is -2.13. The average molecular weight is 349 g/mol. The molecule has 1 heterocycles. The molecule has 0 atom stereocenters. The maximum Gasteiger partial charge on any atom is 0.343 e. The second-order valence-corrected chi connectivity index (χ2v) is 5.98. The van der Waals surface area contributed by atoms with Crippen LogP contribution in [0.2, 0.25) is 0 Å². The second kappa shape index (κ2) is 6.75. The number of rotatable bonds is 5. The fourth-order valence-electron chi connectivity index (χ4n) is 2.39. The van der Waals surface area contributed by atoms with Gasteiger partial charge in [-0.2, -0.15) is 0 Å². The zero-order chi connectivity index (χ0) is 17.9. The summed E-state index contributed by atoms with van der Waals surface area (Å²) >= 11 is 0. The minimum Gasteiger partial charge on any atom is -0.423 e. The summed E-state index contributed by atoms with van der Waals surface area (Å²) in [6, 6.07) is 13.5. The van der Waals surface area contributed by atoms with E-state index < -0.39 is 5.97 Å². The topological polar surface area (TPSA) is 99.0 Å². The smallest absolute Gasteiger partial charge is 0.343 e. The van der Waals surface area contributed by atoms with Gasteiger partial charge in [0.15, 0.2) is 0 Å². The molecule has 1 aromatic heterocycles. The van der Waals surface area contributed by atoms with Crippen LogP contribution >= 0.6 is 0 Å². The number of ether oxygens (including phenoxy) is 1. The van der Waals surface area contributed by atoms with Crippen LogP contribution in [0.15, 0.2) is 54.9 Å². The average Bonchev–Trinajstić information content (AvgIpc) is 3.38. The van der Waals surface area contributed by atoms with Crippen LogP contribution in [0.1, 0.15) is 23.2 Å². The van der Waals surface area contributed by atoms with E-state index >= 15 is 0 Å². The second-order valence-electron chi connectivity index (χ2n) is 5.98. The third-order valence-corrected chi connectivity index (χ3v) is 4.00. The molecule has 0 saturated heterocycles. The molecule has 1 saturated carbocycles. The molecule has 26 heavy (non-hydrogen) atoms. The summed E-state index contributed by atoms with van der Waals surface area (Å²) in [7, 11) is 0. The Balaban J connectivity index is 1.38.